The van der Waals surface area contributed by atoms with E-state index in [4.69, 9.17) is 9.47 Å². The van der Waals surface area contributed by atoms with Crippen molar-refractivity contribution in [3.05, 3.63) is 63.8 Å². The Morgan fingerprint density at radius 3 is 2.79 bits per heavy atom. The first-order valence-electron chi connectivity index (χ1n) is 11.3. The largest absolute Gasteiger partial charge is 0.486 e. The maximum Gasteiger partial charge on any atom is 0.270 e. The summed E-state index contributed by atoms with van der Waals surface area (Å²) in [6, 6.07) is 7.60. The van der Waals surface area contributed by atoms with Gasteiger partial charge in [-0.3, -0.25) is 19.5 Å². The number of hydrogen-bond acceptors (Lipinski definition) is 7. The van der Waals surface area contributed by atoms with Crippen molar-refractivity contribution >= 4 is 16.9 Å². The number of aromatic nitrogens is 3. The number of likely N-dealkylation sites (tertiary alicyclic amines) is 1. The molecule has 1 amide bonds. The zero-order chi connectivity index (χ0) is 22.9. The highest BCUT2D eigenvalue weighted by molar-refractivity contribution is 5.92. The minimum atomic E-state index is -0.200. The zero-order valence-corrected chi connectivity index (χ0v) is 18.7. The number of H-pyrrole nitrogens is 1. The molecule has 0 radical (unpaired) electrons. The number of carbonyl (C=O) groups is 1. The van der Waals surface area contributed by atoms with Gasteiger partial charge < -0.3 is 19.8 Å². The lowest BCUT2D eigenvalue weighted by atomic mass is 10.00. The third-order valence-electron chi connectivity index (χ3n) is 6.35. The first-order chi connectivity index (χ1) is 16.0. The van der Waals surface area contributed by atoms with Crippen LogP contribution >= 0.6 is 0 Å². The average Bonchev–Trinajstić information content (AvgIpc) is 2.80. The monoisotopic (exact) mass is 449 g/mol. The van der Waals surface area contributed by atoms with Crippen LogP contribution in [0.25, 0.3) is 11.0 Å². The summed E-state index contributed by atoms with van der Waals surface area (Å²) in [6.07, 6.45) is 4.18. The van der Waals surface area contributed by atoms with E-state index in [0.717, 1.165) is 35.2 Å². The van der Waals surface area contributed by atoms with Gasteiger partial charge in [-0.05, 0) is 43.2 Å². The summed E-state index contributed by atoms with van der Waals surface area (Å²) in [5.41, 5.74) is 3.67. The summed E-state index contributed by atoms with van der Waals surface area (Å²) < 4.78 is 11.1. The van der Waals surface area contributed by atoms with E-state index in [2.05, 4.69) is 32.1 Å². The fraction of sp³-hybridized carbons (Fsp3) is 0.417. The summed E-state index contributed by atoms with van der Waals surface area (Å²) >= 11 is 0. The molecule has 3 aromatic heterocycles. The second kappa shape index (κ2) is 8.92. The molecule has 3 aromatic rings. The highest BCUT2D eigenvalue weighted by Gasteiger charge is 2.37. The normalized spacial score (nSPS) is 20.8. The Hall–Kier alpha value is -3.30. The molecule has 5 rings (SSSR count). The summed E-state index contributed by atoms with van der Waals surface area (Å²) in [5.74, 6) is 0.445. The van der Waals surface area contributed by atoms with E-state index in [9.17, 15) is 9.59 Å². The molecule has 9 heteroatoms. The third kappa shape index (κ3) is 4.46. The maximum atomic E-state index is 12.1. The second-order valence-corrected chi connectivity index (χ2v) is 8.67. The molecule has 0 spiro atoms. The molecule has 0 unspecified atom stereocenters. The minimum absolute atomic E-state index is 0.0407. The maximum absolute atomic E-state index is 12.1. The first-order valence-corrected chi connectivity index (χ1v) is 11.3. The van der Waals surface area contributed by atoms with Crippen LogP contribution in [0.1, 0.15) is 35.5 Å². The van der Waals surface area contributed by atoms with Crippen LogP contribution in [-0.4, -0.2) is 63.7 Å². The van der Waals surface area contributed by atoms with Crippen molar-refractivity contribution in [3.63, 3.8) is 0 Å². The van der Waals surface area contributed by atoms with Crippen molar-refractivity contribution < 1.29 is 14.3 Å². The Bertz CT molecular complexity index is 1220. The molecule has 2 fully saturated rings. The molecule has 2 aliphatic heterocycles. The fourth-order valence-corrected chi connectivity index (χ4v) is 4.08. The van der Waals surface area contributed by atoms with Crippen LogP contribution in [-0.2, 0) is 17.7 Å². The van der Waals surface area contributed by atoms with E-state index in [1.807, 2.05) is 25.3 Å². The molecule has 2 atom stereocenters. The van der Waals surface area contributed by atoms with Crippen LogP contribution in [0.15, 0.2) is 41.5 Å². The van der Waals surface area contributed by atoms with E-state index in [-0.39, 0.29) is 29.7 Å². The fourth-order valence-electron chi connectivity index (χ4n) is 4.08. The molecular weight excluding hydrogens is 422 g/mol. The van der Waals surface area contributed by atoms with Gasteiger partial charge in [0.25, 0.3) is 11.5 Å². The number of hydrogen-bond donors (Lipinski definition) is 2. The number of aryl methyl sites for hydroxylation is 1. The molecular formula is C24H27N5O4. The Balaban J connectivity index is 1.16. The molecule has 0 aliphatic carbocycles. The molecule has 9 nitrogen and oxygen atoms in total. The van der Waals surface area contributed by atoms with E-state index >= 15 is 0 Å². The van der Waals surface area contributed by atoms with E-state index < -0.39 is 0 Å². The summed E-state index contributed by atoms with van der Waals surface area (Å²) in [4.78, 5) is 38.3. The van der Waals surface area contributed by atoms with Crippen molar-refractivity contribution in [2.75, 3.05) is 19.8 Å². The van der Waals surface area contributed by atoms with E-state index in [0.29, 0.717) is 31.1 Å². The number of carbonyl (C=O) groups excluding carboxylic acids is 1. The van der Waals surface area contributed by atoms with Gasteiger partial charge in [-0.2, -0.15) is 0 Å². The predicted octanol–water partition coefficient (Wildman–Crippen LogP) is 1.66. The first kappa shape index (κ1) is 21.5. The molecule has 2 saturated heterocycles. The number of nitrogens with one attached hydrogen (secondary N) is 2. The van der Waals surface area contributed by atoms with Gasteiger partial charge in [-0.15, -0.1) is 0 Å². The standard InChI is InChI=1S/C24H27N5O4/c1-3-16-7-20-21(28-23(16)30)6-15(8-25-20)10-29-11-22(14(29)2)33-18-4-5-19(26-9-18)24(31)27-17-12-32-13-17/h4-9,14,17,22H,3,10-13H2,1-2H3,(H,27,31)(H,28,30)/t14-,22+/m1/s1. The van der Waals surface area contributed by atoms with Gasteiger partial charge in [0.15, 0.2) is 0 Å². The van der Waals surface area contributed by atoms with Crippen LogP contribution in [0.3, 0.4) is 0 Å². The molecule has 0 saturated carbocycles. The van der Waals surface area contributed by atoms with Crippen molar-refractivity contribution in [2.45, 2.75) is 45.0 Å². The SMILES string of the molecule is CCc1cc2ncc(CN3C[C@H](Oc4ccc(C(=O)NC5COC5)nc4)[C@H]3C)cc2[nH]c1=O. The number of aromatic amines is 1. The molecule has 172 valence electrons. The third-order valence-corrected chi connectivity index (χ3v) is 6.35. The van der Waals surface area contributed by atoms with Crippen LogP contribution in [0, 0.1) is 0 Å². The molecule has 0 aromatic carbocycles. The summed E-state index contributed by atoms with van der Waals surface area (Å²) in [5, 5.41) is 2.87. The van der Waals surface area contributed by atoms with E-state index in [1.165, 1.54) is 0 Å². The number of ether oxygens (including phenoxy) is 2. The Labute approximate surface area is 191 Å². The number of pyridine rings is 3. The van der Waals surface area contributed by atoms with Crippen LogP contribution in [0.4, 0.5) is 0 Å². The van der Waals surface area contributed by atoms with Gasteiger partial charge >= 0.3 is 0 Å². The van der Waals surface area contributed by atoms with Gasteiger partial charge in [0.1, 0.15) is 17.5 Å². The predicted molar refractivity (Wildman–Crippen MR) is 122 cm³/mol. The molecule has 2 N–H and O–H groups in total. The van der Waals surface area contributed by atoms with Gasteiger partial charge in [0, 0.05) is 30.9 Å². The molecule has 5 heterocycles. The lowest BCUT2D eigenvalue weighted by Crippen LogP contribution is -2.60. The van der Waals surface area contributed by atoms with Crippen molar-refractivity contribution in [1.29, 1.82) is 0 Å². The molecule has 33 heavy (non-hydrogen) atoms. The van der Waals surface area contributed by atoms with Crippen molar-refractivity contribution in [2.24, 2.45) is 0 Å². The zero-order valence-electron chi connectivity index (χ0n) is 18.7. The quantitative estimate of drug-likeness (QED) is 0.565. The minimum Gasteiger partial charge on any atom is -0.486 e. The van der Waals surface area contributed by atoms with Crippen LogP contribution in [0.2, 0.25) is 0 Å². The van der Waals surface area contributed by atoms with Gasteiger partial charge in [-0.25, -0.2) is 4.98 Å². The number of rotatable bonds is 7. The Morgan fingerprint density at radius 1 is 1.27 bits per heavy atom. The van der Waals surface area contributed by atoms with Gasteiger partial charge in [0.2, 0.25) is 0 Å². The van der Waals surface area contributed by atoms with Crippen molar-refractivity contribution in [3.8, 4) is 5.75 Å². The van der Waals surface area contributed by atoms with Crippen LogP contribution < -0.4 is 15.6 Å². The summed E-state index contributed by atoms with van der Waals surface area (Å²) in [6.45, 7) is 6.68. The topological polar surface area (TPSA) is 109 Å². The summed E-state index contributed by atoms with van der Waals surface area (Å²) in [7, 11) is 0. The van der Waals surface area contributed by atoms with Gasteiger partial charge in [-0.1, -0.05) is 6.92 Å². The smallest absolute Gasteiger partial charge is 0.270 e. The van der Waals surface area contributed by atoms with Crippen molar-refractivity contribution in [1.82, 2.24) is 25.2 Å². The second-order valence-electron chi connectivity index (χ2n) is 8.67. The highest BCUT2D eigenvalue weighted by Crippen LogP contribution is 2.26. The number of nitrogens with zero attached hydrogens (tertiary/aromatic N) is 3. The Morgan fingerprint density at radius 2 is 2.12 bits per heavy atom. The molecule has 2 aliphatic rings. The lowest BCUT2D eigenvalue weighted by Gasteiger charge is -2.45. The lowest BCUT2D eigenvalue weighted by molar-refractivity contribution is -0.0415. The highest BCUT2D eigenvalue weighted by atomic mass is 16.5. The van der Waals surface area contributed by atoms with Crippen LogP contribution in [0.5, 0.6) is 5.75 Å². The number of amides is 1. The average molecular weight is 450 g/mol. The van der Waals surface area contributed by atoms with Gasteiger partial charge in [0.05, 0.1) is 36.5 Å². The Kier molecular flexibility index (Phi) is 5.82. The number of fused-ring (bicyclic) bond motifs is 1. The molecule has 0 bridgehead atoms. The van der Waals surface area contributed by atoms with E-state index in [1.54, 1.807) is 18.3 Å².